The number of piperidine rings is 1. The predicted octanol–water partition coefficient (Wildman–Crippen LogP) is 2.15. The maximum absolute atomic E-state index is 11.4. The van der Waals surface area contributed by atoms with Crippen molar-refractivity contribution in [2.75, 3.05) is 39.3 Å². The van der Waals surface area contributed by atoms with Gasteiger partial charge in [-0.3, -0.25) is 4.79 Å². The van der Waals surface area contributed by atoms with Gasteiger partial charge in [0.2, 0.25) is 0 Å². The van der Waals surface area contributed by atoms with Crippen LogP contribution < -0.4 is 0 Å². The molecular formula is C15H30N2O2. The number of carboxylic acids is 1. The second-order valence-electron chi connectivity index (χ2n) is 6.19. The molecule has 1 aliphatic heterocycles. The van der Waals surface area contributed by atoms with Gasteiger partial charge in [0.1, 0.15) is 0 Å². The van der Waals surface area contributed by atoms with Crippen molar-refractivity contribution in [3.8, 4) is 0 Å². The Hall–Kier alpha value is -0.610. The molecule has 1 aliphatic rings. The zero-order valence-corrected chi connectivity index (χ0v) is 13.0. The molecule has 112 valence electrons. The molecule has 0 aromatic carbocycles. The number of rotatable bonds is 7. The van der Waals surface area contributed by atoms with E-state index >= 15 is 0 Å². The average molecular weight is 270 g/mol. The summed E-state index contributed by atoms with van der Waals surface area (Å²) in [6.45, 7) is 14.5. The second-order valence-corrected chi connectivity index (χ2v) is 6.19. The fraction of sp³-hybridized carbons (Fsp3) is 0.933. The Kier molecular flexibility index (Phi) is 6.27. The maximum Gasteiger partial charge on any atom is 0.309 e. The summed E-state index contributed by atoms with van der Waals surface area (Å²) in [5.74, 6) is -0.390. The van der Waals surface area contributed by atoms with Gasteiger partial charge in [-0.2, -0.15) is 0 Å². The summed E-state index contributed by atoms with van der Waals surface area (Å²) in [5.41, 5.74) is -0.603. The van der Waals surface area contributed by atoms with Crippen LogP contribution in [0.5, 0.6) is 0 Å². The molecule has 0 bridgehead atoms. The average Bonchev–Trinajstić information content (AvgIpc) is 2.40. The van der Waals surface area contributed by atoms with Crippen molar-refractivity contribution in [3.63, 3.8) is 0 Å². The standard InChI is InChI=1S/C15H30N2O2/c1-5-16(6-2)10-11-17-9-7-8-13(12-17)15(3,4)14(18)19/h13H,5-12H2,1-4H3,(H,18,19). The molecule has 0 radical (unpaired) electrons. The molecule has 1 fully saturated rings. The molecule has 0 spiro atoms. The zero-order valence-electron chi connectivity index (χ0n) is 13.0. The molecule has 0 amide bonds. The molecule has 1 N–H and O–H groups in total. The number of nitrogens with zero attached hydrogens (tertiary/aromatic N) is 2. The summed E-state index contributed by atoms with van der Waals surface area (Å²) in [6.07, 6.45) is 2.17. The monoisotopic (exact) mass is 270 g/mol. The maximum atomic E-state index is 11.4. The van der Waals surface area contributed by atoms with Crippen LogP contribution >= 0.6 is 0 Å². The smallest absolute Gasteiger partial charge is 0.309 e. The van der Waals surface area contributed by atoms with Crippen LogP contribution in [0.25, 0.3) is 0 Å². The van der Waals surface area contributed by atoms with Gasteiger partial charge in [-0.15, -0.1) is 0 Å². The second kappa shape index (κ2) is 7.25. The first kappa shape index (κ1) is 16.4. The molecule has 1 atom stereocenters. The lowest BCUT2D eigenvalue weighted by atomic mass is 9.74. The summed E-state index contributed by atoms with van der Waals surface area (Å²) in [7, 11) is 0. The number of hydrogen-bond donors (Lipinski definition) is 1. The number of carbonyl (C=O) groups is 1. The van der Waals surface area contributed by atoms with Crippen LogP contribution in [-0.4, -0.2) is 60.1 Å². The van der Waals surface area contributed by atoms with Crippen molar-refractivity contribution in [2.24, 2.45) is 11.3 Å². The van der Waals surface area contributed by atoms with Gasteiger partial charge < -0.3 is 14.9 Å². The van der Waals surface area contributed by atoms with E-state index in [1.807, 2.05) is 13.8 Å². The van der Waals surface area contributed by atoms with E-state index in [9.17, 15) is 9.90 Å². The van der Waals surface area contributed by atoms with E-state index in [1.165, 1.54) is 0 Å². The third-order valence-electron chi connectivity index (χ3n) is 4.70. The van der Waals surface area contributed by atoms with Crippen LogP contribution in [0.15, 0.2) is 0 Å². The molecule has 0 aliphatic carbocycles. The molecule has 19 heavy (non-hydrogen) atoms. The lowest BCUT2D eigenvalue weighted by molar-refractivity contribution is -0.151. The molecule has 0 aromatic heterocycles. The van der Waals surface area contributed by atoms with Crippen LogP contribution in [0.3, 0.4) is 0 Å². The molecule has 0 saturated carbocycles. The fourth-order valence-corrected chi connectivity index (χ4v) is 2.84. The van der Waals surface area contributed by atoms with Crippen molar-refractivity contribution in [1.29, 1.82) is 0 Å². The highest BCUT2D eigenvalue weighted by molar-refractivity contribution is 5.74. The van der Waals surface area contributed by atoms with E-state index in [-0.39, 0.29) is 5.92 Å². The Labute approximate surface area is 117 Å². The van der Waals surface area contributed by atoms with Gasteiger partial charge in [-0.05, 0) is 52.2 Å². The van der Waals surface area contributed by atoms with Crippen molar-refractivity contribution in [1.82, 2.24) is 9.80 Å². The first-order chi connectivity index (χ1) is 8.91. The van der Waals surface area contributed by atoms with Gasteiger partial charge in [0.15, 0.2) is 0 Å². The van der Waals surface area contributed by atoms with Gasteiger partial charge in [0.25, 0.3) is 0 Å². The summed E-state index contributed by atoms with van der Waals surface area (Å²) >= 11 is 0. The van der Waals surface area contributed by atoms with E-state index in [2.05, 4.69) is 23.6 Å². The van der Waals surface area contributed by atoms with Crippen molar-refractivity contribution in [2.45, 2.75) is 40.5 Å². The molecule has 1 saturated heterocycles. The van der Waals surface area contributed by atoms with Crippen molar-refractivity contribution < 1.29 is 9.90 Å². The molecule has 4 nitrogen and oxygen atoms in total. The fourth-order valence-electron chi connectivity index (χ4n) is 2.84. The lowest BCUT2D eigenvalue weighted by Gasteiger charge is -2.39. The Balaban J connectivity index is 2.48. The molecule has 1 heterocycles. The van der Waals surface area contributed by atoms with Gasteiger partial charge in [0.05, 0.1) is 5.41 Å². The van der Waals surface area contributed by atoms with E-state index in [0.29, 0.717) is 0 Å². The third kappa shape index (κ3) is 4.46. The lowest BCUT2D eigenvalue weighted by Crippen LogP contribution is -2.46. The molecule has 1 rings (SSSR count). The summed E-state index contributed by atoms with van der Waals surface area (Å²) < 4.78 is 0. The highest BCUT2D eigenvalue weighted by atomic mass is 16.4. The predicted molar refractivity (Wildman–Crippen MR) is 78.4 cm³/mol. The summed E-state index contributed by atoms with van der Waals surface area (Å²) in [6, 6.07) is 0. The molecule has 1 unspecified atom stereocenters. The Morgan fingerprint density at radius 1 is 1.37 bits per heavy atom. The number of carboxylic acid groups (broad SMARTS) is 1. The van der Waals surface area contributed by atoms with Crippen LogP contribution in [0.2, 0.25) is 0 Å². The number of likely N-dealkylation sites (N-methyl/N-ethyl adjacent to an activating group) is 1. The third-order valence-corrected chi connectivity index (χ3v) is 4.70. The van der Waals surface area contributed by atoms with Crippen LogP contribution in [0.1, 0.15) is 40.5 Å². The SMILES string of the molecule is CCN(CC)CCN1CCCC(C(C)(C)C(=O)O)C1. The topological polar surface area (TPSA) is 43.8 Å². The van der Waals surface area contributed by atoms with E-state index in [1.54, 1.807) is 0 Å². The minimum absolute atomic E-state index is 0.274. The minimum atomic E-state index is -0.664. The number of hydrogen-bond acceptors (Lipinski definition) is 3. The van der Waals surface area contributed by atoms with E-state index in [4.69, 9.17) is 0 Å². The molecular weight excluding hydrogens is 240 g/mol. The van der Waals surface area contributed by atoms with Gasteiger partial charge in [-0.25, -0.2) is 0 Å². The van der Waals surface area contributed by atoms with Gasteiger partial charge in [0, 0.05) is 19.6 Å². The zero-order chi connectivity index (χ0) is 14.5. The largest absolute Gasteiger partial charge is 0.481 e. The van der Waals surface area contributed by atoms with Gasteiger partial charge in [-0.1, -0.05) is 13.8 Å². The number of likely N-dealkylation sites (tertiary alicyclic amines) is 1. The Bertz CT molecular complexity index is 288. The Morgan fingerprint density at radius 2 is 2.00 bits per heavy atom. The molecule has 4 heteroatoms. The minimum Gasteiger partial charge on any atom is -0.481 e. The first-order valence-electron chi connectivity index (χ1n) is 7.59. The van der Waals surface area contributed by atoms with Crippen LogP contribution in [0.4, 0.5) is 0 Å². The normalized spacial score (nSPS) is 21.8. The van der Waals surface area contributed by atoms with Crippen LogP contribution in [0, 0.1) is 11.3 Å². The van der Waals surface area contributed by atoms with Crippen molar-refractivity contribution >= 4 is 5.97 Å². The first-order valence-corrected chi connectivity index (χ1v) is 7.59. The van der Waals surface area contributed by atoms with Gasteiger partial charge >= 0.3 is 5.97 Å². The summed E-state index contributed by atoms with van der Waals surface area (Å²) in [4.78, 5) is 16.2. The molecule has 0 aromatic rings. The number of aliphatic carboxylic acids is 1. The highest BCUT2D eigenvalue weighted by Gasteiger charge is 2.38. The quantitative estimate of drug-likeness (QED) is 0.770. The Morgan fingerprint density at radius 3 is 2.53 bits per heavy atom. The van der Waals surface area contributed by atoms with E-state index in [0.717, 1.165) is 52.1 Å². The van der Waals surface area contributed by atoms with E-state index < -0.39 is 11.4 Å². The van der Waals surface area contributed by atoms with Crippen LogP contribution in [-0.2, 0) is 4.79 Å². The summed E-state index contributed by atoms with van der Waals surface area (Å²) in [5, 5.41) is 9.35. The highest BCUT2D eigenvalue weighted by Crippen LogP contribution is 2.34. The van der Waals surface area contributed by atoms with Crippen molar-refractivity contribution in [3.05, 3.63) is 0 Å².